The van der Waals surface area contributed by atoms with Gasteiger partial charge in [0.2, 0.25) is 0 Å². The first-order valence-electron chi connectivity index (χ1n) is 9.42. The Balaban J connectivity index is 1.54. The fraction of sp³-hybridized carbons (Fsp3) is 0.348. The van der Waals surface area contributed by atoms with Crippen LogP contribution in [-0.2, 0) is 0 Å². The fourth-order valence-corrected chi connectivity index (χ4v) is 4.39. The van der Waals surface area contributed by atoms with E-state index in [-0.39, 0.29) is 12.0 Å². The van der Waals surface area contributed by atoms with Crippen molar-refractivity contribution < 1.29 is 0 Å². The molecule has 2 aromatic rings. The van der Waals surface area contributed by atoms with Gasteiger partial charge < -0.3 is 11.1 Å². The lowest BCUT2D eigenvalue weighted by Crippen LogP contribution is -2.38. The van der Waals surface area contributed by atoms with E-state index in [0.29, 0.717) is 5.92 Å². The molecule has 3 unspecified atom stereocenters. The van der Waals surface area contributed by atoms with Crippen LogP contribution in [0, 0.1) is 17.2 Å². The lowest BCUT2D eigenvalue weighted by molar-refractivity contribution is 0.496. The Hall–Kier alpha value is -2.19. The minimum atomic E-state index is 0.0321. The minimum absolute atomic E-state index is 0.0321. The van der Waals surface area contributed by atoms with Gasteiger partial charge in [-0.25, -0.2) is 0 Å². The molecule has 2 nitrogen and oxygen atoms in total. The SMILES string of the molecule is N=C(C1CC=C(c2cccc3ccccc23)CC1)C1CCC=CC1N. The van der Waals surface area contributed by atoms with E-state index in [9.17, 15) is 0 Å². The van der Waals surface area contributed by atoms with Crippen LogP contribution in [0.4, 0.5) is 0 Å². The van der Waals surface area contributed by atoms with E-state index in [2.05, 4.69) is 60.7 Å². The zero-order chi connectivity index (χ0) is 17.2. The lowest BCUT2D eigenvalue weighted by Gasteiger charge is -2.31. The van der Waals surface area contributed by atoms with Gasteiger partial charge in [-0.3, -0.25) is 0 Å². The van der Waals surface area contributed by atoms with Crippen LogP contribution in [-0.4, -0.2) is 11.8 Å². The number of nitrogens with one attached hydrogen (secondary N) is 1. The minimum Gasteiger partial charge on any atom is -0.324 e. The van der Waals surface area contributed by atoms with Crippen molar-refractivity contribution in [2.45, 2.75) is 38.1 Å². The van der Waals surface area contributed by atoms with Crippen LogP contribution >= 0.6 is 0 Å². The summed E-state index contributed by atoms with van der Waals surface area (Å²) in [7, 11) is 0. The maximum atomic E-state index is 8.67. The Morgan fingerprint density at radius 1 is 1.04 bits per heavy atom. The molecule has 4 rings (SSSR count). The molecule has 3 atom stereocenters. The highest BCUT2D eigenvalue weighted by Crippen LogP contribution is 2.36. The molecular formula is C23H26N2. The number of benzene rings is 2. The lowest BCUT2D eigenvalue weighted by atomic mass is 9.75. The molecule has 2 aromatic carbocycles. The van der Waals surface area contributed by atoms with Gasteiger partial charge in [0.1, 0.15) is 0 Å². The normalized spacial score (nSPS) is 26.4. The number of rotatable bonds is 3. The summed E-state index contributed by atoms with van der Waals surface area (Å²) < 4.78 is 0. The highest BCUT2D eigenvalue weighted by molar-refractivity contribution is 5.94. The first-order valence-corrected chi connectivity index (χ1v) is 9.42. The predicted molar refractivity (Wildman–Crippen MR) is 107 cm³/mol. The van der Waals surface area contributed by atoms with Crippen molar-refractivity contribution in [1.29, 1.82) is 5.41 Å². The van der Waals surface area contributed by atoms with Crippen molar-refractivity contribution in [3.05, 3.63) is 66.3 Å². The second kappa shape index (κ2) is 6.97. The average Bonchev–Trinajstić information content (AvgIpc) is 2.67. The van der Waals surface area contributed by atoms with Gasteiger partial charge in [-0.05, 0) is 54.0 Å². The standard InChI is InChI=1S/C23H26N2/c24-22-11-4-3-9-21(22)23(25)18-14-12-17(13-15-18)20-10-5-7-16-6-1-2-8-19(16)20/h1-2,4-8,10-12,18,21-22,25H,3,9,13-15,24H2. The van der Waals surface area contributed by atoms with Crippen LogP contribution in [0.2, 0.25) is 0 Å². The Morgan fingerprint density at radius 3 is 2.68 bits per heavy atom. The van der Waals surface area contributed by atoms with E-state index in [1.165, 1.54) is 21.9 Å². The predicted octanol–water partition coefficient (Wildman–Crippen LogP) is 5.34. The third kappa shape index (κ3) is 3.19. The molecule has 2 aliphatic carbocycles. The van der Waals surface area contributed by atoms with Crippen LogP contribution in [0.1, 0.15) is 37.7 Å². The van der Waals surface area contributed by atoms with Crippen LogP contribution in [0.15, 0.2) is 60.7 Å². The molecule has 0 amide bonds. The fourth-order valence-electron chi connectivity index (χ4n) is 4.39. The van der Waals surface area contributed by atoms with Crippen LogP contribution in [0.3, 0.4) is 0 Å². The summed E-state index contributed by atoms with van der Waals surface area (Å²) in [5.74, 6) is 0.601. The molecule has 0 spiro atoms. The summed E-state index contributed by atoms with van der Waals surface area (Å²) in [5, 5.41) is 11.3. The number of hydrogen-bond acceptors (Lipinski definition) is 2. The topological polar surface area (TPSA) is 49.9 Å². The quantitative estimate of drug-likeness (QED) is 0.579. The molecule has 3 N–H and O–H groups in total. The van der Waals surface area contributed by atoms with Crippen molar-refractivity contribution in [3.63, 3.8) is 0 Å². The van der Waals surface area contributed by atoms with Crippen molar-refractivity contribution >= 4 is 22.1 Å². The van der Waals surface area contributed by atoms with Gasteiger partial charge in [-0.1, -0.05) is 60.7 Å². The van der Waals surface area contributed by atoms with Crippen molar-refractivity contribution in [3.8, 4) is 0 Å². The van der Waals surface area contributed by atoms with Crippen molar-refractivity contribution in [2.24, 2.45) is 17.6 Å². The Kier molecular flexibility index (Phi) is 4.54. The molecule has 0 bridgehead atoms. The number of hydrogen-bond donors (Lipinski definition) is 2. The Labute approximate surface area is 149 Å². The van der Waals surface area contributed by atoms with Crippen LogP contribution in [0.5, 0.6) is 0 Å². The van der Waals surface area contributed by atoms with Gasteiger partial charge in [0.25, 0.3) is 0 Å². The molecule has 25 heavy (non-hydrogen) atoms. The number of fused-ring (bicyclic) bond motifs is 1. The van der Waals surface area contributed by atoms with E-state index >= 15 is 0 Å². The number of allylic oxidation sites excluding steroid dienone is 3. The first kappa shape index (κ1) is 16.3. The summed E-state index contributed by atoms with van der Waals surface area (Å²) in [4.78, 5) is 0. The van der Waals surface area contributed by atoms with E-state index in [1.807, 2.05) is 0 Å². The van der Waals surface area contributed by atoms with Gasteiger partial charge in [0.05, 0.1) is 0 Å². The second-order valence-electron chi connectivity index (χ2n) is 7.37. The maximum absolute atomic E-state index is 8.67. The molecule has 0 fully saturated rings. The molecule has 0 heterocycles. The third-order valence-corrected chi connectivity index (χ3v) is 5.85. The molecule has 0 radical (unpaired) electrons. The van der Waals surface area contributed by atoms with Gasteiger partial charge in [0.15, 0.2) is 0 Å². The van der Waals surface area contributed by atoms with E-state index < -0.39 is 0 Å². The zero-order valence-corrected chi connectivity index (χ0v) is 14.6. The molecule has 2 heteroatoms. The largest absolute Gasteiger partial charge is 0.324 e. The monoisotopic (exact) mass is 330 g/mol. The third-order valence-electron chi connectivity index (χ3n) is 5.85. The molecule has 128 valence electrons. The van der Waals surface area contributed by atoms with Gasteiger partial charge in [-0.2, -0.15) is 0 Å². The van der Waals surface area contributed by atoms with Gasteiger partial charge >= 0.3 is 0 Å². The van der Waals surface area contributed by atoms with Gasteiger partial charge in [-0.15, -0.1) is 0 Å². The van der Waals surface area contributed by atoms with Crippen LogP contribution in [0.25, 0.3) is 16.3 Å². The average molecular weight is 330 g/mol. The van der Waals surface area contributed by atoms with Crippen LogP contribution < -0.4 is 5.73 Å². The molecule has 0 aliphatic heterocycles. The van der Waals surface area contributed by atoms with E-state index in [1.54, 1.807) is 0 Å². The van der Waals surface area contributed by atoms with E-state index in [4.69, 9.17) is 11.1 Å². The molecule has 0 saturated heterocycles. The van der Waals surface area contributed by atoms with E-state index in [0.717, 1.165) is 37.8 Å². The van der Waals surface area contributed by atoms with Crippen molar-refractivity contribution in [1.82, 2.24) is 0 Å². The Bertz CT molecular complexity index is 841. The summed E-state index contributed by atoms with van der Waals surface area (Å²) >= 11 is 0. The summed E-state index contributed by atoms with van der Waals surface area (Å²) in [6.45, 7) is 0. The molecule has 0 aromatic heterocycles. The zero-order valence-electron chi connectivity index (χ0n) is 14.6. The van der Waals surface area contributed by atoms with Gasteiger partial charge in [0, 0.05) is 23.6 Å². The second-order valence-corrected chi connectivity index (χ2v) is 7.37. The summed E-state index contributed by atoms with van der Waals surface area (Å²) in [5.41, 5.74) is 9.90. The Morgan fingerprint density at radius 2 is 1.88 bits per heavy atom. The summed E-state index contributed by atoms with van der Waals surface area (Å²) in [6.07, 6.45) is 11.8. The number of nitrogens with two attached hydrogens (primary N) is 1. The summed E-state index contributed by atoms with van der Waals surface area (Å²) in [6, 6.07) is 15.2. The smallest absolute Gasteiger partial charge is 0.0305 e. The highest BCUT2D eigenvalue weighted by atomic mass is 14.7. The van der Waals surface area contributed by atoms with Crippen molar-refractivity contribution in [2.75, 3.05) is 0 Å². The highest BCUT2D eigenvalue weighted by Gasteiger charge is 2.29. The molecule has 2 aliphatic rings. The maximum Gasteiger partial charge on any atom is 0.0305 e. The first-order chi connectivity index (χ1) is 12.2. The molecular weight excluding hydrogens is 304 g/mol. The molecule has 0 saturated carbocycles.